The molecule has 4 rings (SSSR count). The molecule has 2 aromatic carbocycles. The minimum absolute atomic E-state index is 0.128. The highest BCUT2D eigenvalue weighted by Crippen LogP contribution is 2.19. The molecule has 1 aliphatic heterocycles. The maximum absolute atomic E-state index is 12.6. The number of para-hydroxylation sites is 1. The van der Waals surface area contributed by atoms with Gasteiger partial charge in [0.15, 0.2) is 0 Å². The highest BCUT2D eigenvalue weighted by atomic mass is 16.2. The van der Waals surface area contributed by atoms with Crippen molar-refractivity contribution in [3.05, 3.63) is 83.7 Å². The second kappa shape index (κ2) is 7.71. The number of fused-ring (bicyclic) bond motifs is 1. The van der Waals surface area contributed by atoms with Crippen molar-refractivity contribution < 1.29 is 14.4 Å². The lowest BCUT2D eigenvalue weighted by atomic mass is 9.98. The summed E-state index contributed by atoms with van der Waals surface area (Å²) < 4.78 is 1.74. The molecule has 0 radical (unpaired) electrons. The molecule has 7 nitrogen and oxygen atoms in total. The van der Waals surface area contributed by atoms with Gasteiger partial charge in [-0.1, -0.05) is 36.4 Å². The van der Waals surface area contributed by atoms with Crippen molar-refractivity contribution in [2.45, 2.75) is 13.0 Å². The fourth-order valence-corrected chi connectivity index (χ4v) is 3.34. The Morgan fingerprint density at radius 2 is 1.79 bits per heavy atom. The summed E-state index contributed by atoms with van der Waals surface area (Å²) in [5, 5.41) is 4.32. The predicted octanol–water partition coefficient (Wildman–Crippen LogP) is 2.06. The third kappa shape index (κ3) is 3.80. The van der Waals surface area contributed by atoms with Crippen LogP contribution in [0.25, 0.3) is 5.69 Å². The molecule has 0 aliphatic carbocycles. The number of hydrogen-bond donors (Lipinski definition) is 0. The van der Waals surface area contributed by atoms with Gasteiger partial charge in [-0.25, -0.2) is 4.68 Å². The highest BCUT2D eigenvalue weighted by molar-refractivity contribution is 6.11. The first-order valence-corrected chi connectivity index (χ1v) is 9.28. The zero-order valence-electron chi connectivity index (χ0n) is 16.0. The van der Waals surface area contributed by atoms with Crippen molar-refractivity contribution in [1.29, 1.82) is 0 Å². The van der Waals surface area contributed by atoms with Gasteiger partial charge in [0.05, 0.1) is 18.3 Å². The Morgan fingerprint density at radius 3 is 2.59 bits per heavy atom. The molecule has 0 saturated heterocycles. The van der Waals surface area contributed by atoms with Crippen molar-refractivity contribution in [1.82, 2.24) is 19.6 Å². The van der Waals surface area contributed by atoms with Crippen LogP contribution in [0.5, 0.6) is 0 Å². The fourth-order valence-electron chi connectivity index (χ4n) is 3.34. The first-order valence-electron chi connectivity index (χ1n) is 9.28. The van der Waals surface area contributed by atoms with Crippen molar-refractivity contribution in [2.75, 3.05) is 13.6 Å². The Morgan fingerprint density at radius 1 is 1.07 bits per heavy atom. The van der Waals surface area contributed by atoms with Gasteiger partial charge in [0.2, 0.25) is 11.8 Å². The smallest absolute Gasteiger partial charge is 0.261 e. The third-order valence-electron chi connectivity index (χ3n) is 4.93. The van der Waals surface area contributed by atoms with Crippen molar-refractivity contribution in [3.8, 4) is 5.69 Å². The Hall–Kier alpha value is -3.74. The summed E-state index contributed by atoms with van der Waals surface area (Å²) >= 11 is 0. The SMILES string of the molecule is CN(Cc1cnn(-c2ccccc2)c1)C(=O)CN1C(=O)Cc2ccccc2C1=O. The maximum Gasteiger partial charge on any atom is 0.261 e. The molecule has 0 unspecified atom stereocenters. The van der Waals surface area contributed by atoms with Crippen LogP contribution in [0.2, 0.25) is 0 Å². The molecule has 2 heterocycles. The molecule has 1 aliphatic rings. The van der Waals surface area contributed by atoms with Crippen molar-refractivity contribution >= 4 is 17.7 Å². The van der Waals surface area contributed by atoms with E-state index in [2.05, 4.69) is 5.10 Å². The van der Waals surface area contributed by atoms with E-state index < -0.39 is 5.91 Å². The van der Waals surface area contributed by atoms with E-state index in [4.69, 9.17) is 0 Å². The predicted molar refractivity (Wildman–Crippen MR) is 106 cm³/mol. The van der Waals surface area contributed by atoms with Gasteiger partial charge < -0.3 is 4.90 Å². The normalized spacial score (nSPS) is 13.3. The van der Waals surface area contributed by atoms with Crippen LogP contribution in [0, 0.1) is 0 Å². The van der Waals surface area contributed by atoms with E-state index in [1.165, 1.54) is 4.90 Å². The minimum Gasteiger partial charge on any atom is -0.340 e. The average Bonchev–Trinajstić information content (AvgIpc) is 3.20. The molecular weight excluding hydrogens is 368 g/mol. The van der Waals surface area contributed by atoms with Crippen molar-refractivity contribution in [2.24, 2.45) is 0 Å². The van der Waals surface area contributed by atoms with E-state index >= 15 is 0 Å². The minimum atomic E-state index is -0.421. The van der Waals surface area contributed by atoms with E-state index in [0.29, 0.717) is 17.7 Å². The standard InChI is InChI=1S/C22H20N4O3/c1-24(13-16-12-23-26(14-16)18-8-3-2-4-9-18)21(28)15-25-20(27)11-17-7-5-6-10-19(17)22(25)29/h2-10,12,14H,11,13,15H2,1H3. The molecule has 7 heteroatoms. The number of hydrogen-bond acceptors (Lipinski definition) is 4. The first kappa shape index (κ1) is 18.6. The van der Waals surface area contributed by atoms with Crippen LogP contribution in [0.1, 0.15) is 21.5 Å². The quantitative estimate of drug-likeness (QED) is 0.627. The lowest BCUT2D eigenvalue weighted by Crippen LogP contribution is -2.47. The van der Waals surface area contributed by atoms with Gasteiger partial charge >= 0.3 is 0 Å². The molecule has 0 atom stereocenters. The molecule has 0 spiro atoms. The first-order chi connectivity index (χ1) is 14.0. The maximum atomic E-state index is 12.6. The van der Waals surface area contributed by atoms with E-state index in [1.54, 1.807) is 42.2 Å². The molecule has 0 bridgehead atoms. The van der Waals surface area contributed by atoms with E-state index in [0.717, 1.165) is 16.2 Å². The molecule has 29 heavy (non-hydrogen) atoms. The molecule has 0 saturated carbocycles. The number of nitrogens with zero attached hydrogens (tertiary/aromatic N) is 4. The van der Waals surface area contributed by atoms with Crippen LogP contribution in [0.4, 0.5) is 0 Å². The number of carbonyl (C=O) groups is 3. The number of amides is 3. The summed E-state index contributed by atoms with van der Waals surface area (Å²) in [5.74, 6) is -1.08. The van der Waals surface area contributed by atoms with E-state index in [-0.39, 0.29) is 24.8 Å². The zero-order chi connectivity index (χ0) is 20.4. The van der Waals surface area contributed by atoms with Crippen LogP contribution in [-0.4, -0.2) is 50.9 Å². The van der Waals surface area contributed by atoms with E-state index in [1.807, 2.05) is 36.5 Å². The zero-order valence-corrected chi connectivity index (χ0v) is 16.0. The fraction of sp³-hybridized carbons (Fsp3) is 0.182. The van der Waals surface area contributed by atoms with Crippen LogP contribution in [-0.2, 0) is 22.6 Å². The Labute approximate surface area is 168 Å². The molecule has 1 aromatic heterocycles. The number of likely N-dealkylation sites (N-methyl/N-ethyl adjacent to an activating group) is 1. The monoisotopic (exact) mass is 388 g/mol. The Bertz CT molecular complexity index is 1070. The summed E-state index contributed by atoms with van der Waals surface area (Å²) in [5.41, 5.74) is 2.96. The second-order valence-electron chi connectivity index (χ2n) is 7.00. The number of benzene rings is 2. The van der Waals surface area contributed by atoms with E-state index in [9.17, 15) is 14.4 Å². The van der Waals surface area contributed by atoms with Gasteiger partial charge in [0, 0.05) is 30.9 Å². The summed E-state index contributed by atoms with van der Waals surface area (Å²) in [6.07, 6.45) is 3.68. The van der Waals surface area contributed by atoms with Crippen LogP contribution < -0.4 is 0 Å². The average molecular weight is 388 g/mol. The summed E-state index contributed by atoms with van der Waals surface area (Å²) in [4.78, 5) is 40.2. The highest BCUT2D eigenvalue weighted by Gasteiger charge is 2.32. The number of aromatic nitrogens is 2. The lowest BCUT2D eigenvalue weighted by molar-refractivity contribution is -0.137. The summed E-state index contributed by atoms with van der Waals surface area (Å²) in [6, 6.07) is 16.7. The molecular formula is C22H20N4O3. The number of carbonyl (C=O) groups excluding carboxylic acids is 3. The molecule has 0 fully saturated rings. The number of imide groups is 1. The van der Waals surface area contributed by atoms with Crippen LogP contribution >= 0.6 is 0 Å². The van der Waals surface area contributed by atoms with Crippen molar-refractivity contribution in [3.63, 3.8) is 0 Å². The third-order valence-corrected chi connectivity index (χ3v) is 4.93. The molecule has 3 aromatic rings. The Balaban J connectivity index is 1.42. The largest absolute Gasteiger partial charge is 0.340 e. The van der Waals surface area contributed by atoms with Gasteiger partial charge in [-0.05, 0) is 23.8 Å². The van der Waals surface area contributed by atoms with Gasteiger partial charge in [-0.2, -0.15) is 5.10 Å². The topological polar surface area (TPSA) is 75.5 Å². The molecule has 146 valence electrons. The van der Waals surface area contributed by atoms with Gasteiger partial charge in [0.1, 0.15) is 6.54 Å². The Kier molecular flexibility index (Phi) is 4.95. The van der Waals surface area contributed by atoms with Gasteiger partial charge in [-0.15, -0.1) is 0 Å². The van der Waals surface area contributed by atoms with Crippen LogP contribution in [0.15, 0.2) is 67.0 Å². The van der Waals surface area contributed by atoms with Gasteiger partial charge in [0.25, 0.3) is 5.91 Å². The van der Waals surface area contributed by atoms with Gasteiger partial charge in [-0.3, -0.25) is 19.3 Å². The molecule has 0 N–H and O–H groups in total. The summed E-state index contributed by atoms with van der Waals surface area (Å²) in [6.45, 7) is 0.0633. The van der Waals surface area contributed by atoms with Crippen LogP contribution in [0.3, 0.4) is 0 Å². The summed E-state index contributed by atoms with van der Waals surface area (Å²) in [7, 11) is 1.65. The molecule has 3 amide bonds. The number of rotatable bonds is 5. The second-order valence-corrected chi connectivity index (χ2v) is 7.00. The lowest BCUT2D eigenvalue weighted by Gasteiger charge is -2.28.